The highest BCUT2D eigenvalue weighted by Crippen LogP contribution is 2.49. The second kappa shape index (κ2) is 21.5. The highest BCUT2D eigenvalue weighted by molar-refractivity contribution is 7.56. The van der Waals surface area contributed by atoms with Crippen LogP contribution in [-0.2, 0) is 25.7 Å². The fourth-order valence-corrected chi connectivity index (χ4v) is 11.2. The van der Waals surface area contributed by atoms with E-state index in [9.17, 15) is 0 Å². The first-order chi connectivity index (χ1) is 29.6. The molecule has 0 amide bonds. The molecule has 0 aliphatic heterocycles. The average molecular weight is 864 g/mol. The third-order valence-corrected chi connectivity index (χ3v) is 13.6. The highest BCUT2D eigenvalue weighted by Gasteiger charge is 2.25. The van der Waals surface area contributed by atoms with Crippen LogP contribution in [0.4, 0.5) is 0 Å². The van der Waals surface area contributed by atoms with E-state index in [-0.39, 0.29) is 0 Å². The van der Waals surface area contributed by atoms with E-state index in [1.807, 2.05) is 146 Å². The minimum atomic E-state index is -2.00. The Morgan fingerprint density at radius 2 is 0.917 bits per heavy atom. The van der Waals surface area contributed by atoms with Gasteiger partial charge in [0.2, 0.25) is 5.75 Å². The minimum absolute atomic E-state index is 0.339. The van der Waals surface area contributed by atoms with Crippen molar-refractivity contribution in [1.29, 1.82) is 0 Å². The van der Waals surface area contributed by atoms with E-state index in [2.05, 4.69) is 0 Å². The molecule has 0 saturated heterocycles. The van der Waals surface area contributed by atoms with Crippen molar-refractivity contribution in [3.05, 3.63) is 168 Å². The van der Waals surface area contributed by atoms with Crippen molar-refractivity contribution in [2.24, 2.45) is 22.9 Å². The van der Waals surface area contributed by atoms with Crippen LogP contribution >= 0.6 is 24.7 Å². The average Bonchev–Trinajstić information content (AvgIpc) is 3.27. The molecule has 60 heavy (non-hydrogen) atoms. The summed E-state index contributed by atoms with van der Waals surface area (Å²) < 4.78 is 35.7. The number of benzene rings is 6. The molecule has 2 atom stereocenters. The Balaban J connectivity index is 1.41. The van der Waals surface area contributed by atoms with Gasteiger partial charge in [-0.25, -0.2) is 0 Å². The molecule has 7 aromatic rings. The molecule has 6 aromatic carbocycles. The third kappa shape index (κ3) is 10.7. The summed E-state index contributed by atoms with van der Waals surface area (Å²) in [6, 6.07) is 46.0. The largest absolute Gasteiger partial charge is 0.453 e. The molecule has 0 aliphatic rings. The number of ether oxygens (including phenoxy) is 2. The van der Waals surface area contributed by atoms with Crippen LogP contribution < -0.4 is 51.1 Å². The van der Waals surface area contributed by atoms with Gasteiger partial charge in [-0.15, -0.1) is 4.51 Å². The zero-order valence-electron chi connectivity index (χ0n) is 33.0. The maximum Gasteiger partial charge on any atom is 0.319 e. The molecule has 2 unspecified atom stereocenters. The maximum atomic E-state index is 6.97. The first-order valence-corrected chi connectivity index (χ1v) is 22.7. The van der Waals surface area contributed by atoms with Crippen molar-refractivity contribution >= 4 is 24.7 Å². The number of aromatic nitrogens is 3. The summed E-state index contributed by atoms with van der Waals surface area (Å²) in [5.41, 5.74) is 27.8. The summed E-state index contributed by atoms with van der Waals surface area (Å²) in [5.74, 6) is 4.17. The lowest BCUT2D eigenvalue weighted by Crippen LogP contribution is -2.15. The molecule has 310 valence electrons. The van der Waals surface area contributed by atoms with Crippen molar-refractivity contribution in [2.75, 3.05) is 26.2 Å². The Labute approximate surface area is 353 Å². The summed E-state index contributed by atoms with van der Waals surface area (Å²) >= 11 is 0. The van der Waals surface area contributed by atoms with Gasteiger partial charge in [0.05, 0.1) is 0 Å². The Bertz CT molecular complexity index is 2500. The number of nitrogens with two attached hydrogens (primary N) is 4. The molecule has 0 saturated carbocycles. The SMILES string of the molecule is NCCc1ccccc1Oc1cccc(Op2npn(Oc3ccccc3CCN)p(Oc3ccccc3CCN)n2Oc2ccccc2)c1Oc1ccccc1CCN. The lowest BCUT2D eigenvalue weighted by atomic mass is 10.1. The lowest BCUT2D eigenvalue weighted by Gasteiger charge is -2.23. The molecule has 16 heteroatoms. The Morgan fingerprint density at radius 3 is 1.52 bits per heavy atom. The molecule has 0 radical (unpaired) electrons. The molecule has 8 N–H and O–H groups in total. The van der Waals surface area contributed by atoms with Gasteiger partial charge in [-0.05, 0) is 127 Å². The molecular weight excluding hydrogens is 815 g/mol. The van der Waals surface area contributed by atoms with E-state index in [0.717, 1.165) is 22.3 Å². The minimum Gasteiger partial charge on any atom is -0.453 e. The van der Waals surface area contributed by atoms with Gasteiger partial charge in [-0.3, -0.25) is 0 Å². The Kier molecular flexibility index (Phi) is 15.2. The number of nitrogens with zero attached hydrogens (tertiary/aromatic N) is 3. The van der Waals surface area contributed by atoms with Gasteiger partial charge in [0.25, 0.3) is 0 Å². The Hall–Kier alpha value is -5.74. The number of para-hydroxylation sites is 6. The number of hydrogen-bond donors (Lipinski definition) is 4. The normalized spacial score (nSPS) is 11.6. The molecule has 0 aliphatic carbocycles. The van der Waals surface area contributed by atoms with E-state index >= 15 is 0 Å². The highest BCUT2D eigenvalue weighted by atomic mass is 31.2. The maximum absolute atomic E-state index is 6.97. The first kappa shape index (κ1) is 42.4. The summed E-state index contributed by atoms with van der Waals surface area (Å²) in [7, 11) is -3.58. The van der Waals surface area contributed by atoms with Gasteiger partial charge in [-0.1, -0.05) is 101 Å². The molecule has 7 rings (SSSR count). The van der Waals surface area contributed by atoms with Crippen LogP contribution in [0.2, 0.25) is 0 Å². The lowest BCUT2D eigenvalue weighted by molar-refractivity contribution is 0.231. The fraction of sp³-hybridized carbons (Fsp3) is 0.182. The summed E-state index contributed by atoms with van der Waals surface area (Å²) in [6.45, 7) is 1.79. The van der Waals surface area contributed by atoms with Crippen LogP contribution in [-0.4, -0.2) is 39.2 Å². The molecule has 13 nitrogen and oxygen atoms in total. The van der Waals surface area contributed by atoms with E-state index in [1.165, 1.54) is 0 Å². The topological polar surface area (TPSA) is 182 Å². The van der Waals surface area contributed by atoms with Gasteiger partial charge in [-0.2, -0.15) is 0 Å². The molecule has 1 aromatic heterocycles. The summed E-state index contributed by atoms with van der Waals surface area (Å²) in [6.07, 6.45) is 2.44. The van der Waals surface area contributed by atoms with Crippen molar-refractivity contribution in [3.63, 3.8) is 0 Å². The number of rotatable bonds is 20. The third-order valence-electron chi connectivity index (χ3n) is 9.02. The second-order valence-corrected chi connectivity index (χ2v) is 17.6. The Morgan fingerprint density at radius 1 is 0.450 bits per heavy atom. The molecular formula is C44H48N7O6P3. The van der Waals surface area contributed by atoms with E-state index in [1.54, 1.807) is 8.51 Å². The smallest absolute Gasteiger partial charge is 0.319 e. The fourth-order valence-electron chi connectivity index (χ4n) is 6.17. The molecule has 0 spiro atoms. The quantitative estimate of drug-likeness (QED) is 0.0573. The van der Waals surface area contributed by atoms with Gasteiger partial charge in [0, 0.05) is 0 Å². The zero-order chi connectivity index (χ0) is 41.5. The van der Waals surface area contributed by atoms with Crippen molar-refractivity contribution < 1.29 is 28.2 Å². The monoisotopic (exact) mass is 863 g/mol. The van der Waals surface area contributed by atoms with Crippen molar-refractivity contribution in [3.8, 4) is 46.0 Å². The van der Waals surface area contributed by atoms with E-state index < -0.39 is 16.2 Å². The van der Waals surface area contributed by atoms with Crippen LogP contribution in [0.3, 0.4) is 0 Å². The van der Waals surface area contributed by atoms with Crippen molar-refractivity contribution in [2.45, 2.75) is 25.7 Å². The van der Waals surface area contributed by atoms with Crippen LogP contribution in [0.25, 0.3) is 0 Å². The van der Waals surface area contributed by atoms with E-state index in [4.69, 9.17) is 55.6 Å². The van der Waals surface area contributed by atoms with Crippen LogP contribution in [0.15, 0.2) is 146 Å². The first-order valence-electron chi connectivity index (χ1n) is 19.6. The number of hydrogen-bond acceptors (Lipinski definition) is 11. The molecule has 0 bridgehead atoms. The standard InChI is InChI=1S/C44H48N7O6P3/c45-29-25-33-13-4-8-19-38(33)52-42-23-12-24-43(44(42)53-39-20-9-5-14-34(39)26-30-46)56-59-49-58-50(55-40-21-10-6-15-35(40)27-31-47)60(51(59)54-37-17-2-1-3-18-37)57-41-22-11-7-16-36(41)28-32-48/h1-24H,25-32,45-48H2. The van der Waals surface area contributed by atoms with Gasteiger partial charge >= 0.3 is 16.2 Å². The van der Waals surface area contributed by atoms with Crippen LogP contribution in [0.1, 0.15) is 22.3 Å². The van der Waals surface area contributed by atoms with Gasteiger partial charge in [0.1, 0.15) is 17.2 Å². The predicted octanol–water partition coefficient (Wildman–Crippen LogP) is 9.32. The summed E-state index contributed by atoms with van der Waals surface area (Å²) in [4.78, 5) is 13.4. The predicted molar refractivity (Wildman–Crippen MR) is 240 cm³/mol. The molecule has 0 fully saturated rings. The van der Waals surface area contributed by atoms with Gasteiger partial charge in [0.15, 0.2) is 31.5 Å². The second-order valence-electron chi connectivity index (χ2n) is 13.2. The molecule has 1 heterocycles. The van der Waals surface area contributed by atoms with Crippen LogP contribution in [0, 0.1) is 0 Å². The van der Waals surface area contributed by atoms with E-state index in [0.29, 0.717) is 106 Å². The van der Waals surface area contributed by atoms with Gasteiger partial charge < -0.3 is 51.1 Å². The zero-order valence-corrected chi connectivity index (χ0v) is 35.6. The summed E-state index contributed by atoms with van der Waals surface area (Å²) in [5, 5.41) is 0. The van der Waals surface area contributed by atoms with Crippen molar-refractivity contribution in [1.82, 2.24) is 13.0 Å². The van der Waals surface area contributed by atoms with Crippen LogP contribution in [0.5, 0.6) is 46.0 Å².